The van der Waals surface area contributed by atoms with Crippen LogP contribution in [0.3, 0.4) is 0 Å². The summed E-state index contributed by atoms with van der Waals surface area (Å²) in [6.45, 7) is 5.15. The zero-order valence-electron chi connectivity index (χ0n) is 11.9. The first kappa shape index (κ1) is 16.2. The van der Waals surface area contributed by atoms with E-state index in [0.717, 1.165) is 0 Å². The highest BCUT2D eigenvalue weighted by Gasteiger charge is 2.23. The molecule has 0 saturated heterocycles. The zero-order chi connectivity index (χ0) is 15.5. The van der Waals surface area contributed by atoms with Crippen LogP contribution in [0, 0.1) is 5.92 Å². The van der Waals surface area contributed by atoms with Crippen LogP contribution in [-0.2, 0) is 14.8 Å². The molecule has 2 rings (SSSR count). The first-order valence-electron chi connectivity index (χ1n) is 6.62. The van der Waals surface area contributed by atoms with Gasteiger partial charge in [0.2, 0.25) is 0 Å². The van der Waals surface area contributed by atoms with E-state index in [0.29, 0.717) is 24.8 Å². The first-order valence-corrected chi connectivity index (χ1v) is 8.48. The van der Waals surface area contributed by atoms with E-state index in [-0.39, 0.29) is 16.7 Å². The van der Waals surface area contributed by atoms with Gasteiger partial charge in [-0.2, -0.15) is 0 Å². The Morgan fingerprint density at radius 1 is 1.43 bits per heavy atom. The molecule has 0 atom stereocenters. The molecule has 8 heteroatoms. The first-order chi connectivity index (χ1) is 9.92. The number of hydrogen-bond acceptors (Lipinski definition) is 4. The summed E-state index contributed by atoms with van der Waals surface area (Å²) in [6, 6.07) is 5.18. The van der Waals surface area contributed by atoms with Crippen molar-refractivity contribution in [3.8, 4) is 0 Å². The number of fused-ring (bicyclic) bond motifs is 1. The standard InChI is InChI=1S/C13H18ClN3O3S/c1-10(2)9-20-8-6-15-21(18,19)13-12(14)16-11-5-3-4-7-17(11)13/h3-5,7,10,15H,6,8-9H2,1-2H3. The lowest BCUT2D eigenvalue weighted by molar-refractivity contribution is 0.114. The summed E-state index contributed by atoms with van der Waals surface area (Å²) in [5.74, 6) is 0.412. The van der Waals surface area contributed by atoms with Gasteiger partial charge in [0.25, 0.3) is 10.0 Å². The third-order valence-electron chi connectivity index (χ3n) is 2.69. The molecule has 116 valence electrons. The van der Waals surface area contributed by atoms with E-state index in [4.69, 9.17) is 16.3 Å². The minimum atomic E-state index is -3.74. The van der Waals surface area contributed by atoms with E-state index in [1.807, 2.05) is 13.8 Å². The molecule has 1 N–H and O–H groups in total. The summed E-state index contributed by atoms with van der Waals surface area (Å²) in [6.07, 6.45) is 1.61. The lowest BCUT2D eigenvalue weighted by Gasteiger charge is -2.09. The normalized spacial score (nSPS) is 12.4. The monoisotopic (exact) mass is 331 g/mol. The van der Waals surface area contributed by atoms with Crippen molar-refractivity contribution in [2.24, 2.45) is 5.92 Å². The average molecular weight is 332 g/mol. The SMILES string of the molecule is CC(C)COCCNS(=O)(=O)c1c(Cl)nc2ccccn12. The van der Waals surface area contributed by atoms with Crippen LogP contribution in [0.4, 0.5) is 0 Å². The van der Waals surface area contributed by atoms with Gasteiger partial charge in [0, 0.05) is 19.3 Å². The van der Waals surface area contributed by atoms with Crippen molar-refractivity contribution in [1.82, 2.24) is 14.1 Å². The van der Waals surface area contributed by atoms with Crippen molar-refractivity contribution in [3.63, 3.8) is 0 Å². The second-order valence-electron chi connectivity index (χ2n) is 5.00. The highest BCUT2D eigenvalue weighted by Crippen LogP contribution is 2.22. The number of pyridine rings is 1. The second kappa shape index (κ2) is 6.74. The Kier molecular flexibility index (Phi) is 5.21. The van der Waals surface area contributed by atoms with Gasteiger partial charge in [-0.1, -0.05) is 31.5 Å². The molecule has 0 fully saturated rings. The van der Waals surface area contributed by atoms with Gasteiger partial charge in [0.05, 0.1) is 6.61 Å². The summed E-state index contributed by atoms with van der Waals surface area (Å²) in [4.78, 5) is 4.02. The molecule has 21 heavy (non-hydrogen) atoms. The van der Waals surface area contributed by atoms with Crippen molar-refractivity contribution in [2.75, 3.05) is 19.8 Å². The number of imidazole rings is 1. The Hall–Kier alpha value is -1.15. The van der Waals surface area contributed by atoms with E-state index < -0.39 is 10.0 Å². The van der Waals surface area contributed by atoms with Gasteiger partial charge in [0.15, 0.2) is 10.2 Å². The van der Waals surface area contributed by atoms with Gasteiger partial charge >= 0.3 is 0 Å². The number of nitrogens with one attached hydrogen (secondary N) is 1. The van der Waals surface area contributed by atoms with Crippen LogP contribution in [0.5, 0.6) is 0 Å². The highest BCUT2D eigenvalue weighted by molar-refractivity contribution is 7.89. The number of hydrogen-bond donors (Lipinski definition) is 1. The summed E-state index contributed by atoms with van der Waals surface area (Å²) >= 11 is 5.95. The van der Waals surface area contributed by atoms with Crippen LogP contribution >= 0.6 is 11.6 Å². The van der Waals surface area contributed by atoms with Crippen LogP contribution < -0.4 is 4.72 Å². The molecule has 0 aliphatic heterocycles. The number of ether oxygens (including phenoxy) is 1. The van der Waals surface area contributed by atoms with Crippen LogP contribution in [0.2, 0.25) is 5.15 Å². The van der Waals surface area contributed by atoms with Crippen LogP contribution in [-0.4, -0.2) is 37.6 Å². The second-order valence-corrected chi connectivity index (χ2v) is 7.04. The van der Waals surface area contributed by atoms with Crippen molar-refractivity contribution >= 4 is 27.3 Å². The number of halogens is 1. The molecular formula is C13H18ClN3O3S. The van der Waals surface area contributed by atoms with Gasteiger partial charge in [-0.15, -0.1) is 0 Å². The number of rotatable bonds is 7. The fourth-order valence-corrected chi connectivity index (χ4v) is 3.47. The van der Waals surface area contributed by atoms with Crippen molar-refractivity contribution in [1.29, 1.82) is 0 Å². The predicted octanol–water partition coefficient (Wildman–Crippen LogP) is 1.94. The molecule has 0 amide bonds. The maximum absolute atomic E-state index is 12.3. The van der Waals surface area contributed by atoms with Crippen LogP contribution in [0.15, 0.2) is 29.4 Å². The summed E-state index contributed by atoms with van der Waals surface area (Å²) < 4.78 is 33.9. The number of aromatic nitrogens is 2. The fourth-order valence-electron chi connectivity index (χ4n) is 1.82. The summed E-state index contributed by atoms with van der Waals surface area (Å²) in [7, 11) is -3.74. The number of sulfonamides is 1. The van der Waals surface area contributed by atoms with Crippen molar-refractivity contribution < 1.29 is 13.2 Å². The van der Waals surface area contributed by atoms with Gasteiger partial charge in [-0.3, -0.25) is 4.40 Å². The van der Waals surface area contributed by atoms with E-state index >= 15 is 0 Å². The lowest BCUT2D eigenvalue weighted by Crippen LogP contribution is -2.29. The maximum Gasteiger partial charge on any atom is 0.259 e. The Labute approximate surface area is 129 Å². The van der Waals surface area contributed by atoms with Crippen molar-refractivity contribution in [3.05, 3.63) is 29.5 Å². The topological polar surface area (TPSA) is 72.7 Å². The minimum absolute atomic E-state index is 0.0446. The van der Waals surface area contributed by atoms with Gasteiger partial charge in [-0.25, -0.2) is 18.1 Å². The molecule has 0 aliphatic carbocycles. The minimum Gasteiger partial charge on any atom is -0.380 e. The summed E-state index contributed by atoms with van der Waals surface area (Å²) in [5, 5.41) is -0.0968. The lowest BCUT2D eigenvalue weighted by atomic mass is 10.2. The molecule has 2 heterocycles. The number of nitrogens with zero attached hydrogens (tertiary/aromatic N) is 2. The average Bonchev–Trinajstić information content (AvgIpc) is 2.74. The Morgan fingerprint density at radius 3 is 2.90 bits per heavy atom. The largest absolute Gasteiger partial charge is 0.380 e. The molecule has 6 nitrogen and oxygen atoms in total. The molecule has 0 spiro atoms. The summed E-state index contributed by atoms with van der Waals surface area (Å²) in [5.41, 5.74) is 0.485. The van der Waals surface area contributed by atoms with Gasteiger partial charge in [0.1, 0.15) is 5.65 Å². The zero-order valence-corrected chi connectivity index (χ0v) is 13.5. The Bertz CT molecular complexity index is 713. The van der Waals surface area contributed by atoms with Crippen LogP contribution in [0.1, 0.15) is 13.8 Å². The van der Waals surface area contributed by atoms with E-state index in [2.05, 4.69) is 9.71 Å². The van der Waals surface area contributed by atoms with E-state index in [9.17, 15) is 8.42 Å². The molecule has 0 aliphatic rings. The molecule has 0 unspecified atom stereocenters. The van der Waals surface area contributed by atoms with E-state index in [1.54, 1.807) is 24.4 Å². The maximum atomic E-state index is 12.3. The third-order valence-corrected chi connectivity index (χ3v) is 4.55. The van der Waals surface area contributed by atoms with Crippen LogP contribution in [0.25, 0.3) is 5.65 Å². The Morgan fingerprint density at radius 2 is 2.19 bits per heavy atom. The van der Waals surface area contributed by atoms with E-state index in [1.165, 1.54) is 4.40 Å². The quantitative estimate of drug-likeness (QED) is 0.787. The molecule has 0 bridgehead atoms. The van der Waals surface area contributed by atoms with Gasteiger partial charge in [-0.05, 0) is 18.1 Å². The smallest absolute Gasteiger partial charge is 0.259 e. The molecule has 2 aromatic heterocycles. The Balaban J connectivity index is 2.10. The molecule has 0 aromatic carbocycles. The van der Waals surface area contributed by atoms with Crippen molar-refractivity contribution in [2.45, 2.75) is 18.9 Å². The third kappa shape index (κ3) is 3.94. The van der Waals surface area contributed by atoms with Gasteiger partial charge < -0.3 is 4.74 Å². The molecular weight excluding hydrogens is 314 g/mol. The molecule has 0 saturated carbocycles. The fraction of sp³-hybridized carbons (Fsp3) is 0.462. The molecule has 2 aromatic rings. The highest BCUT2D eigenvalue weighted by atomic mass is 35.5. The predicted molar refractivity (Wildman–Crippen MR) is 81.0 cm³/mol. The molecule has 0 radical (unpaired) electrons.